The van der Waals surface area contributed by atoms with Crippen molar-refractivity contribution in [1.82, 2.24) is 0 Å². The fourth-order valence-corrected chi connectivity index (χ4v) is 0.0577. The van der Waals surface area contributed by atoms with E-state index in [0.717, 1.165) is 0 Å². The fourth-order valence-electron chi connectivity index (χ4n) is 0.0577. The summed E-state index contributed by atoms with van der Waals surface area (Å²) in [5, 5.41) is 7.64. The number of nitrogens with two attached hydrogens (primary N) is 2. The first kappa shape index (κ1) is 9.54. The van der Waals surface area contributed by atoms with Crippen LogP contribution in [0.1, 0.15) is 0 Å². The number of nitriles is 1. The molecule has 7 heavy (non-hydrogen) atoms. The number of aliphatic imine (C=N–C) groups is 1. The van der Waals surface area contributed by atoms with Gasteiger partial charge in [-0.15, -0.1) is 4.99 Å². The van der Waals surface area contributed by atoms with Crippen LogP contribution < -0.4 is 11.5 Å². The molecule has 5 heteroatoms. The summed E-state index contributed by atoms with van der Waals surface area (Å²) in [5.74, 6) is -0.197. The molecular formula is C2H4N4Ni. The van der Waals surface area contributed by atoms with Crippen molar-refractivity contribution >= 4 is 5.96 Å². The fraction of sp³-hybridized carbons (Fsp3) is 0. The third-order valence-corrected chi connectivity index (χ3v) is 0.179. The van der Waals surface area contributed by atoms with E-state index < -0.39 is 0 Å². The van der Waals surface area contributed by atoms with Crippen molar-refractivity contribution in [2.75, 3.05) is 0 Å². The first-order chi connectivity index (χ1) is 2.77. The van der Waals surface area contributed by atoms with Crippen LogP contribution in [-0.2, 0) is 16.5 Å². The summed E-state index contributed by atoms with van der Waals surface area (Å²) in [6.07, 6.45) is 1.41. The van der Waals surface area contributed by atoms with Crippen LogP contribution in [0.4, 0.5) is 0 Å². The van der Waals surface area contributed by atoms with Gasteiger partial charge in [0.15, 0.2) is 0 Å². The molecule has 0 aliphatic heterocycles. The van der Waals surface area contributed by atoms with Crippen molar-refractivity contribution in [3.8, 4) is 6.19 Å². The van der Waals surface area contributed by atoms with Gasteiger partial charge < -0.3 is 11.5 Å². The molecule has 0 saturated carbocycles. The number of hydrogen-bond donors (Lipinski definition) is 2. The van der Waals surface area contributed by atoms with Gasteiger partial charge in [0, 0.05) is 16.5 Å². The second-order valence-corrected chi connectivity index (χ2v) is 0.637. The van der Waals surface area contributed by atoms with Crippen molar-refractivity contribution in [2.24, 2.45) is 16.5 Å². The summed E-state index contributed by atoms with van der Waals surface area (Å²) in [6.45, 7) is 0. The molecule has 4 nitrogen and oxygen atoms in total. The van der Waals surface area contributed by atoms with Crippen LogP contribution in [0.25, 0.3) is 0 Å². The average Bonchev–Trinajstić information content (AvgIpc) is 1.35. The van der Waals surface area contributed by atoms with Crippen LogP contribution in [0.3, 0.4) is 0 Å². The van der Waals surface area contributed by atoms with Crippen LogP contribution in [-0.4, -0.2) is 5.96 Å². The minimum absolute atomic E-state index is 0. The Hall–Kier alpha value is -0.746. The zero-order valence-electron chi connectivity index (χ0n) is 3.37. The SMILES string of the molecule is N#CN=C(N)N.[Ni]. The normalized spacial score (nSPS) is 5.00. The minimum atomic E-state index is -0.197. The molecule has 0 aromatic rings. The molecule has 42 valence electrons. The Balaban J connectivity index is 0. The molecule has 0 aromatic carbocycles. The zero-order valence-corrected chi connectivity index (χ0v) is 4.35. The zero-order chi connectivity index (χ0) is 4.99. The molecule has 0 fully saturated rings. The third-order valence-electron chi connectivity index (χ3n) is 0.179. The molecule has 0 saturated heterocycles. The van der Waals surface area contributed by atoms with Gasteiger partial charge in [-0.2, -0.15) is 5.26 Å². The largest absolute Gasteiger partial charge is 0.369 e. The Morgan fingerprint density at radius 2 is 2.00 bits per heavy atom. The Morgan fingerprint density at radius 1 is 1.57 bits per heavy atom. The molecular weight excluding hydrogens is 139 g/mol. The smallest absolute Gasteiger partial charge is 0.209 e. The molecule has 0 aromatic heterocycles. The number of hydrogen-bond acceptors (Lipinski definition) is 2. The topological polar surface area (TPSA) is 88.2 Å². The van der Waals surface area contributed by atoms with E-state index in [2.05, 4.69) is 4.99 Å². The Bertz CT molecular complexity index is 96.7. The molecule has 0 aliphatic rings. The van der Waals surface area contributed by atoms with Crippen LogP contribution >= 0.6 is 0 Å². The summed E-state index contributed by atoms with van der Waals surface area (Å²) < 4.78 is 0. The van der Waals surface area contributed by atoms with Gasteiger partial charge in [0.1, 0.15) is 0 Å². The average molecular weight is 143 g/mol. The van der Waals surface area contributed by atoms with Gasteiger partial charge in [-0.1, -0.05) is 0 Å². The van der Waals surface area contributed by atoms with Gasteiger partial charge in [0.05, 0.1) is 0 Å². The van der Waals surface area contributed by atoms with Crippen molar-refractivity contribution in [3.63, 3.8) is 0 Å². The van der Waals surface area contributed by atoms with Crippen LogP contribution in [0.15, 0.2) is 4.99 Å². The Labute approximate surface area is 51.1 Å². The summed E-state index contributed by atoms with van der Waals surface area (Å²) >= 11 is 0. The van der Waals surface area contributed by atoms with Gasteiger partial charge in [0.2, 0.25) is 12.2 Å². The van der Waals surface area contributed by atoms with Crippen molar-refractivity contribution < 1.29 is 16.5 Å². The molecule has 4 N–H and O–H groups in total. The maximum atomic E-state index is 7.64. The third kappa shape index (κ3) is 11.0. The molecule has 0 aliphatic carbocycles. The van der Waals surface area contributed by atoms with E-state index in [0.29, 0.717) is 0 Å². The first-order valence-electron chi connectivity index (χ1n) is 1.25. The van der Waals surface area contributed by atoms with E-state index in [-0.39, 0.29) is 22.5 Å². The number of nitrogens with zero attached hydrogens (tertiary/aromatic N) is 2. The van der Waals surface area contributed by atoms with Crippen LogP contribution in [0.2, 0.25) is 0 Å². The van der Waals surface area contributed by atoms with E-state index in [1.54, 1.807) is 0 Å². The quantitative estimate of drug-likeness (QED) is 0.192. The predicted molar refractivity (Wildman–Crippen MR) is 21.4 cm³/mol. The molecule has 0 spiro atoms. The second kappa shape index (κ2) is 5.25. The van der Waals surface area contributed by atoms with E-state index in [1.165, 1.54) is 6.19 Å². The summed E-state index contributed by atoms with van der Waals surface area (Å²) in [5.41, 5.74) is 9.42. The summed E-state index contributed by atoms with van der Waals surface area (Å²) in [6, 6.07) is 0. The maximum Gasteiger partial charge on any atom is 0.209 e. The molecule has 0 heterocycles. The van der Waals surface area contributed by atoms with E-state index >= 15 is 0 Å². The van der Waals surface area contributed by atoms with Crippen molar-refractivity contribution in [3.05, 3.63) is 0 Å². The van der Waals surface area contributed by atoms with E-state index in [9.17, 15) is 0 Å². The molecule has 0 bridgehead atoms. The molecule has 0 rings (SSSR count). The number of rotatable bonds is 0. The van der Waals surface area contributed by atoms with E-state index in [1.807, 2.05) is 0 Å². The van der Waals surface area contributed by atoms with Gasteiger partial charge in [-0.3, -0.25) is 0 Å². The molecule has 0 unspecified atom stereocenters. The Kier molecular flexibility index (Phi) is 7.16. The first-order valence-corrected chi connectivity index (χ1v) is 1.25. The predicted octanol–water partition coefficient (Wildman–Crippen LogP) is -1.26. The monoisotopic (exact) mass is 142 g/mol. The van der Waals surface area contributed by atoms with Crippen LogP contribution in [0.5, 0.6) is 0 Å². The maximum absolute atomic E-state index is 7.64. The summed E-state index contributed by atoms with van der Waals surface area (Å²) in [4.78, 5) is 2.90. The number of guanidine groups is 1. The van der Waals surface area contributed by atoms with Gasteiger partial charge in [-0.05, 0) is 0 Å². The molecule has 0 radical (unpaired) electrons. The molecule has 0 amide bonds. The van der Waals surface area contributed by atoms with Crippen LogP contribution in [0, 0.1) is 11.5 Å². The van der Waals surface area contributed by atoms with E-state index in [4.69, 9.17) is 16.7 Å². The summed E-state index contributed by atoms with van der Waals surface area (Å²) in [7, 11) is 0. The minimum Gasteiger partial charge on any atom is -0.369 e. The van der Waals surface area contributed by atoms with Gasteiger partial charge in [0.25, 0.3) is 0 Å². The van der Waals surface area contributed by atoms with Crippen molar-refractivity contribution in [1.29, 1.82) is 5.26 Å². The Morgan fingerprint density at radius 3 is 2.00 bits per heavy atom. The molecule has 0 atom stereocenters. The van der Waals surface area contributed by atoms with Gasteiger partial charge in [-0.25, -0.2) is 0 Å². The van der Waals surface area contributed by atoms with Gasteiger partial charge >= 0.3 is 0 Å². The second-order valence-electron chi connectivity index (χ2n) is 0.637. The standard InChI is InChI=1S/C2H4N4.Ni/c3-1-6-2(4)5;/h(H4,4,5,6);. The van der Waals surface area contributed by atoms with Crippen molar-refractivity contribution in [2.45, 2.75) is 0 Å².